The zero-order chi connectivity index (χ0) is 14.2. The Labute approximate surface area is 119 Å². The molecular formula is C12H14ClF4NO2. The maximum absolute atomic E-state index is 13.5. The molecule has 20 heavy (non-hydrogen) atoms. The first-order chi connectivity index (χ1) is 8.78. The number of aliphatic hydroxyl groups is 1. The summed E-state index contributed by atoms with van der Waals surface area (Å²) >= 11 is 0. The number of hydrogen-bond donors (Lipinski definition) is 2. The van der Waals surface area contributed by atoms with Gasteiger partial charge < -0.3 is 15.6 Å². The Kier molecular flexibility index (Phi) is 5.23. The third-order valence-electron chi connectivity index (χ3n) is 3.04. The number of nitrogens with two attached hydrogens (primary N) is 1. The van der Waals surface area contributed by atoms with E-state index >= 15 is 0 Å². The Morgan fingerprint density at radius 2 is 1.90 bits per heavy atom. The summed E-state index contributed by atoms with van der Waals surface area (Å²) in [5, 5.41) is 9.80. The van der Waals surface area contributed by atoms with Crippen molar-refractivity contribution in [1.82, 2.24) is 0 Å². The number of alkyl halides is 3. The fourth-order valence-corrected chi connectivity index (χ4v) is 1.86. The van der Waals surface area contributed by atoms with E-state index in [1.54, 1.807) is 0 Å². The van der Waals surface area contributed by atoms with Crippen molar-refractivity contribution < 1.29 is 27.4 Å². The summed E-state index contributed by atoms with van der Waals surface area (Å²) in [6.07, 6.45) is -4.05. The predicted molar refractivity (Wildman–Crippen MR) is 66.0 cm³/mol. The molecule has 1 aromatic carbocycles. The maximum atomic E-state index is 13.5. The van der Waals surface area contributed by atoms with Crippen LogP contribution in [0.1, 0.15) is 24.4 Å². The molecule has 0 amide bonds. The van der Waals surface area contributed by atoms with Gasteiger partial charge in [-0.05, 0) is 36.5 Å². The highest BCUT2D eigenvalue weighted by atomic mass is 35.5. The van der Waals surface area contributed by atoms with E-state index in [1.807, 2.05) is 0 Å². The molecule has 2 atom stereocenters. The summed E-state index contributed by atoms with van der Waals surface area (Å²) in [5.74, 6) is -1.98. The normalized spacial score (nSPS) is 18.1. The molecular weight excluding hydrogens is 302 g/mol. The SMILES string of the molecule is Cl.N[C@@H](c1ccc(OC(F)(F)F)c(F)c1)[C@H](O)C1CC1. The van der Waals surface area contributed by atoms with Crippen LogP contribution in [0.3, 0.4) is 0 Å². The first-order valence-corrected chi connectivity index (χ1v) is 5.77. The second-order valence-corrected chi connectivity index (χ2v) is 4.59. The van der Waals surface area contributed by atoms with Crippen molar-refractivity contribution in [3.8, 4) is 5.75 Å². The Morgan fingerprint density at radius 3 is 2.35 bits per heavy atom. The lowest BCUT2D eigenvalue weighted by molar-refractivity contribution is -0.275. The molecule has 1 saturated carbocycles. The molecule has 0 unspecified atom stereocenters. The van der Waals surface area contributed by atoms with Crippen LogP contribution in [0.25, 0.3) is 0 Å². The smallest absolute Gasteiger partial charge is 0.403 e. The summed E-state index contributed by atoms with van der Waals surface area (Å²) < 4.78 is 52.9. The van der Waals surface area contributed by atoms with Crippen molar-refractivity contribution >= 4 is 12.4 Å². The zero-order valence-corrected chi connectivity index (χ0v) is 11.0. The number of aliphatic hydroxyl groups excluding tert-OH is 1. The minimum atomic E-state index is -4.95. The van der Waals surface area contributed by atoms with Gasteiger partial charge in [-0.2, -0.15) is 0 Å². The van der Waals surface area contributed by atoms with Gasteiger partial charge in [0, 0.05) is 0 Å². The lowest BCUT2D eigenvalue weighted by Gasteiger charge is -2.19. The van der Waals surface area contributed by atoms with Gasteiger partial charge in [0.25, 0.3) is 0 Å². The first-order valence-electron chi connectivity index (χ1n) is 5.77. The fraction of sp³-hybridized carbons (Fsp3) is 0.500. The molecule has 0 radical (unpaired) electrons. The quantitative estimate of drug-likeness (QED) is 0.840. The molecule has 0 aliphatic heterocycles. The molecule has 0 spiro atoms. The molecule has 2 rings (SSSR count). The van der Waals surface area contributed by atoms with Crippen molar-refractivity contribution in [2.75, 3.05) is 0 Å². The number of halogens is 5. The van der Waals surface area contributed by atoms with Crippen LogP contribution in [0.2, 0.25) is 0 Å². The van der Waals surface area contributed by atoms with E-state index in [9.17, 15) is 22.7 Å². The number of hydrogen-bond acceptors (Lipinski definition) is 3. The van der Waals surface area contributed by atoms with E-state index in [0.29, 0.717) is 0 Å². The highest BCUT2D eigenvalue weighted by molar-refractivity contribution is 5.85. The van der Waals surface area contributed by atoms with Crippen molar-refractivity contribution in [3.05, 3.63) is 29.6 Å². The van der Waals surface area contributed by atoms with Gasteiger partial charge in [0.2, 0.25) is 0 Å². The second-order valence-electron chi connectivity index (χ2n) is 4.59. The topological polar surface area (TPSA) is 55.5 Å². The molecule has 3 nitrogen and oxygen atoms in total. The molecule has 0 heterocycles. The van der Waals surface area contributed by atoms with Gasteiger partial charge in [0.05, 0.1) is 12.1 Å². The van der Waals surface area contributed by atoms with Gasteiger partial charge in [-0.15, -0.1) is 25.6 Å². The van der Waals surface area contributed by atoms with Gasteiger partial charge in [-0.3, -0.25) is 0 Å². The van der Waals surface area contributed by atoms with Crippen LogP contribution >= 0.6 is 12.4 Å². The summed E-state index contributed by atoms with van der Waals surface area (Å²) in [4.78, 5) is 0. The molecule has 1 aliphatic rings. The molecule has 1 fully saturated rings. The average Bonchev–Trinajstić information content (AvgIpc) is 3.12. The maximum Gasteiger partial charge on any atom is 0.573 e. The Bertz CT molecular complexity index is 465. The van der Waals surface area contributed by atoms with Crippen molar-refractivity contribution in [2.24, 2.45) is 11.7 Å². The zero-order valence-electron chi connectivity index (χ0n) is 10.2. The van der Waals surface area contributed by atoms with Gasteiger partial charge in [-0.25, -0.2) is 4.39 Å². The lowest BCUT2D eigenvalue weighted by atomic mass is 9.99. The number of ether oxygens (including phenoxy) is 1. The van der Waals surface area contributed by atoms with Crippen LogP contribution in [0.5, 0.6) is 5.75 Å². The second kappa shape index (κ2) is 6.15. The first kappa shape index (κ1) is 17.0. The minimum Gasteiger partial charge on any atom is -0.403 e. The average molecular weight is 316 g/mol. The monoisotopic (exact) mass is 315 g/mol. The van der Waals surface area contributed by atoms with E-state index in [0.717, 1.165) is 25.0 Å². The number of benzene rings is 1. The Morgan fingerprint density at radius 1 is 1.30 bits per heavy atom. The van der Waals surface area contributed by atoms with E-state index in [1.165, 1.54) is 6.07 Å². The Balaban J connectivity index is 0.00000200. The molecule has 8 heteroatoms. The van der Waals surface area contributed by atoms with Crippen LogP contribution in [0.4, 0.5) is 17.6 Å². The van der Waals surface area contributed by atoms with E-state index in [4.69, 9.17) is 5.73 Å². The van der Waals surface area contributed by atoms with Gasteiger partial charge in [0.1, 0.15) is 0 Å². The van der Waals surface area contributed by atoms with Crippen LogP contribution in [0, 0.1) is 11.7 Å². The van der Waals surface area contributed by atoms with Gasteiger partial charge in [-0.1, -0.05) is 6.07 Å². The number of rotatable bonds is 4. The van der Waals surface area contributed by atoms with E-state index < -0.39 is 30.1 Å². The molecule has 1 aromatic rings. The summed E-state index contributed by atoms with van der Waals surface area (Å²) in [5.41, 5.74) is 5.99. The van der Waals surface area contributed by atoms with E-state index in [-0.39, 0.29) is 23.9 Å². The molecule has 3 N–H and O–H groups in total. The predicted octanol–water partition coefficient (Wildman–Crippen LogP) is 2.92. The summed E-state index contributed by atoms with van der Waals surface area (Å²) in [6.45, 7) is 0. The highest BCUT2D eigenvalue weighted by Crippen LogP contribution is 2.37. The largest absolute Gasteiger partial charge is 0.573 e. The molecule has 0 bridgehead atoms. The van der Waals surface area contributed by atoms with Crippen molar-refractivity contribution in [1.29, 1.82) is 0 Å². The third-order valence-corrected chi connectivity index (χ3v) is 3.04. The highest BCUT2D eigenvalue weighted by Gasteiger charge is 2.35. The van der Waals surface area contributed by atoms with Gasteiger partial charge in [0.15, 0.2) is 11.6 Å². The standard InChI is InChI=1S/C12H13F4NO2.ClH/c13-8-5-7(10(17)11(18)6-1-2-6)3-4-9(8)19-12(14,15)16;/h3-6,10-11,18H,1-2,17H2;1H/t10-,11+;/m0./s1. The van der Waals surface area contributed by atoms with E-state index in [2.05, 4.69) is 4.74 Å². The summed E-state index contributed by atoms with van der Waals surface area (Å²) in [7, 11) is 0. The lowest BCUT2D eigenvalue weighted by Crippen LogP contribution is -2.28. The van der Waals surface area contributed by atoms with Crippen LogP contribution < -0.4 is 10.5 Å². The van der Waals surface area contributed by atoms with Crippen LogP contribution in [-0.2, 0) is 0 Å². The van der Waals surface area contributed by atoms with Gasteiger partial charge >= 0.3 is 6.36 Å². The fourth-order valence-electron chi connectivity index (χ4n) is 1.86. The molecule has 0 aromatic heterocycles. The third kappa shape index (κ3) is 4.22. The minimum absolute atomic E-state index is 0. The Hall–Kier alpha value is -1.05. The molecule has 114 valence electrons. The van der Waals surface area contributed by atoms with Crippen molar-refractivity contribution in [3.63, 3.8) is 0 Å². The summed E-state index contributed by atoms with van der Waals surface area (Å²) in [6, 6.07) is 2.12. The molecule has 0 saturated heterocycles. The van der Waals surface area contributed by atoms with Crippen molar-refractivity contribution in [2.45, 2.75) is 31.3 Å². The van der Waals surface area contributed by atoms with Crippen LogP contribution in [-0.4, -0.2) is 17.6 Å². The van der Waals surface area contributed by atoms with Crippen LogP contribution in [0.15, 0.2) is 18.2 Å². The molecule has 1 aliphatic carbocycles.